The summed E-state index contributed by atoms with van der Waals surface area (Å²) in [5, 5.41) is 0. The minimum absolute atomic E-state index is 0.844. The molecule has 1 heterocycles. The van der Waals surface area contributed by atoms with Crippen LogP contribution in [0.25, 0.3) is 11.0 Å². The molecule has 0 N–H and O–H groups in total. The number of aryl methyl sites for hydroxylation is 4. The fourth-order valence-electron chi connectivity index (χ4n) is 2.83. The first-order chi connectivity index (χ1) is 9.97. The summed E-state index contributed by atoms with van der Waals surface area (Å²) in [6, 6.07) is 11.7. The third-order valence-corrected chi connectivity index (χ3v) is 4.59. The molecule has 0 aliphatic carbocycles. The van der Waals surface area contributed by atoms with Gasteiger partial charge in [-0.25, -0.2) is 4.98 Å². The van der Waals surface area contributed by atoms with Gasteiger partial charge in [-0.2, -0.15) is 0 Å². The van der Waals surface area contributed by atoms with E-state index in [-0.39, 0.29) is 0 Å². The lowest BCUT2D eigenvalue weighted by Gasteiger charge is -2.09. The highest BCUT2D eigenvalue weighted by Crippen LogP contribution is 2.26. The third kappa shape index (κ3) is 2.51. The maximum atomic E-state index is 4.86. The van der Waals surface area contributed by atoms with Gasteiger partial charge in [0.25, 0.3) is 0 Å². The van der Waals surface area contributed by atoms with Gasteiger partial charge in [-0.1, -0.05) is 28.1 Å². The van der Waals surface area contributed by atoms with E-state index in [4.69, 9.17) is 4.98 Å². The van der Waals surface area contributed by atoms with Crippen LogP contribution in [-0.2, 0) is 13.5 Å². The van der Waals surface area contributed by atoms with Gasteiger partial charge in [0, 0.05) is 17.9 Å². The van der Waals surface area contributed by atoms with Crippen molar-refractivity contribution >= 4 is 27.0 Å². The van der Waals surface area contributed by atoms with E-state index >= 15 is 0 Å². The van der Waals surface area contributed by atoms with E-state index in [1.165, 1.54) is 27.8 Å². The molecule has 3 heteroatoms. The lowest BCUT2D eigenvalue weighted by atomic mass is 10.00. The van der Waals surface area contributed by atoms with Crippen molar-refractivity contribution in [2.75, 3.05) is 0 Å². The molecule has 0 saturated heterocycles. The van der Waals surface area contributed by atoms with E-state index in [9.17, 15) is 0 Å². The Labute approximate surface area is 134 Å². The van der Waals surface area contributed by atoms with E-state index < -0.39 is 0 Å². The van der Waals surface area contributed by atoms with Gasteiger partial charge in [0.1, 0.15) is 5.82 Å². The quantitative estimate of drug-likeness (QED) is 0.663. The molecule has 21 heavy (non-hydrogen) atoms. The van der Waals surface area contributed by atoms with Crippen molar-refractivity contribution in [2.45, 2.75) is 27.2 Å². The monoisotopic (exact) mass is 341 g/mol. The predicted molar refractivity (Wildman–Crippen MR) is 90.7 cm³/mol. The van der Waals surface area contributed by atoms with Crippen molar-refractivity contribution < 1.29 is 0 Å². The molecule has 0 amide bonds. The lowest BCUT2D eigenvalue weighted by Crippen LogP contribution is -2.02. The van der Waals surface area contributed by atoms with Crippen LogP contribution in [0, 0.1) is 26.8 Å². The fourth-order valence-corrected chi connectivity index (χ4v) is 3.39. The van der Waals surface area contributed by atoms with Crippen LogP contribution in [0.15, 0.2) is 28.7 Å². The zero-order valence-electron chi connectivity index (χ0n) is 12.8. The van der Waals surface area contributed by atoms with Crippen molar-refractivity contribution in [2.24, 2.45) is 7.05 Å². The van der Waals surface area contributed by atoms with Crippen LogP contribution < -0.4 is 0 Å². The molecular formula is C18H18BrN2. The molecule has 0 unspecified atom stereocenters. The highest BCUT2D eigenvalue weighted by Gasteiger charge is 2.13. The van der Waals surface area contributed by atoms with Gasteiger partial charge in [-0.05, 0) is 61.2 Å². The normalized spacial score (nSPS) is 11.3. The Kier molecular flexibility index (Phi) is 3.62. The number of nitrogens with zero attached hydrogens (tertiary/aromatic N) is 2. The SMILES string of the molecule is Cc1[c]ccc(C)c1Cc1nc2c(C)cc(Br)cc2n1C. The molecule has 0 spiro atoms. The summed E-state index contributed by atoms with van der Waals surface area (Å²) in [7, 11) is 2.09. The summed E-state index contributed by atoms with van der Waals surface area (Å²) in [4.78, 5) is 4.86. The molecule has 1 radical (unpaired) electrons. The Bertz CT molecular complexity index is 811. The third-order valence-electron chi connectivity index (χ3n) is 4.13. The van der Waals surface area contributed by atoms with Crippen LogP contribution >= 0.6 is 15.9 Å². The summed E-state index contributed by atoms with van der Waals surface area (Å²) >= 11 is 3.57. The predicted octanol–water partition coefficient (Wildman–Crippen LogP) is 4.65. The van der Waals surface area contributed by atoms with Crippen molar-refractivity contribution in [3.8, 4) is 0 Å². The second kappa shape index (κ2) is 5.30. The molecule has 2 nitrogen and oxygen atoms in total. The van der Waals surface area contributed by atoms with Crippen LogP contribution in [-0.4, -0.2) is 9.55 Å². The fraction of sp³-hybridized carbons (Fsp3) is 0.278. The van der Waals surface area contributed by atoms with Gasteiger partial charge in [-0.15, -0.1) is 0 Å². The van der Waals surface area contributed by atoms with Crippen molar-refractivity contribution in [3.63, 3.8) is 0 Å². The highest BCUT2D eigenvalue weighted by atomic mass is 79.9. The van der Waals surface area contributed by atoms with E-state index in [1.807, 2.05) is 6.07 Å². The average molecular weight is 342 g/mol. The first-order valence-electron chi connectivity index (χ1n) is 7.05. The number of rotatable bonds is 2. The molecule has 1 aromatic heterocycles. The van der Waals surface area contributed by atoms with Crippen LogP contribution in [0.4, 0.5) is 0 Å². The van der Waals surface area contributed by atoms with Crippen LogP contribution in [0.3, 0.4) is 0 Å². The summed E-state index contributed by atoms with van der Waals surface area (Å²) in [6.45, 7) is 6.38. The van der Waals surface area contributed by atoms with Crippen LogP contribution in [0.5, 0.6) is 0 Å². The molecule has 0 fully saturated rings. The smallest absolute Gasteiger partial charge is 0.114 e. The maximum absolute atomic E-state index is 4.86. The minimum Gasteiger partial charge on any atom is -0.331 e. The summed E-state index contributed by atoms with van der Waals surface area (Å²) in [6.07, 6.45) is 0.844. The van der Waals surface area contributed by atoms with E-state index in [0.717, 1.165) is 22.2 Å². The lowest BCUT2D eigenvalue weighted by molar-refractivity contribution is 0.839. The van der Waals surface area contributed by atoms with E-state index in [1.54, 1.807) is 0 Å². The molecule has 0 aliphatic rings. The maximum Gasteiger partial charge on any atom is 0.114 e. The van der Waals surface area contributed by atoms with E-state index in [2.05, 4.69) is 72.6 Å². The first kappa shape index (κ1) is 14.3. The topological polar surface area (TPSA) is 17.8 Å². The second-order valence-corrected chi connectivity index (χ2v) is 6.53. The number of benzene rings is 2. The standard InChI is InChI=1S/C18H18BrN2/c1-11-6-5-7-12(2)15(11)10-17-20-18-13(3)8-14(19)9-16(18)21(17)4/h5-6,8-9H,10H2,1-4H3. The van der Waals surface area contributed by atoms with Gasteiger partial charge >= 0.3 is 0 Å². The van der Waals surface area contributed by atoms with Gasteiger partial charge in [-0.3, -0.25) is 0 Å². The molecule has 2 aromatic carbocycles. The van der Waals surface area contributed by atoms with Crippen molar-refractivity contribution in [1.82, 2.24) is 9.55 Å². The molecule has 3 aromatic rings. The molecule has 3 rings (SSSR count). The summed E-state index contributed by atoms with van der Waals surface area (Å²) in [5.74, 6) is 1.09. The molecule has 107 valence electrons. The second-order valence-electron chi connectivity index (χ2n) is 5.62. The van der Waals surface area contributed by atoms with Gasteiger partial charge in [0.05, 0.1) is 11.0 Å². The Morgan fingerprint density at radius 2 is 1.95 bits per heavy atom. The summed E-state index contributed by atoms with van der Waals surface area (Å²) < 4.78 is 3.29. The number of hydrogen-bond donors (Lipinski definition) is 0. The Hall–Kier alpha value is -1.61. The Morgan fingerprint density at radius 3 is 2.67 bits per heavy atom. The number of hydrogen-bond acceptors (Lipinski definition) is 1. The van der Waals surface area contributed by atoms with Crippen LogP contribution in [0.1, 0.15) is 28.1 Å². The highest BCUT2D eigenvalue weighted by molar-refractivity contribution is 9.10. The van der Waals surface area contributed by atoms with Crippen molar-refractivity contribution in [3.05, 3.63) is 62.9 Å². The number of imidazole rings is 1. The van der Waals surface area contributed by atoms with E-state index in [0.29, 0.717) is 0 Å². The first-order valence-corrected chi connectivity index (χ1v) is 7.85. The Balaban J connectivity index is 2.14. The summed E-state index contributed by atoms with van der Waals surface area (Å²) in [5.41, 5.74) is 7.30. The van der Waals surface area contributed by atoms with Crippen molar-refractivity contribution in [1.29, 1.82) is 0 Å². The molecule has 0 saturated carbocycles. The molecule has 0 aliphatic heterocycles. The van der Waals surface area contributed by atoms with Gasteiger partial charge in [0.15, 0.2) is 0 Å². The van der Waals surface area contributed by atoms with Gasteiger partial charge < -0.3 is 4.57 Å². The average Bonchev–Trinajstić information content (AvgIpc) is 2.72. The van der Waals surface area contributed by atoms with Gasteiger partial charge in [0.2, 0.25) is 0 Å². The zero-order valence-corrected chi connectivity index (χ0v) is 14.4. The zero-order chi connectivity index (χ0) is 15.1. The number of fused-ring (bicyclic) bond motifs is 1. The molecular weight excluding hydrogens is 324 g/mol. The number of aromatic nitrogens is 2. The number of halogens is 1. The minimum atomic E-state index is 0.844. The Morgan fingerprint density at radius 1 is 1.19 bits per heavy atom. The largest absolute Gasteiger partial charge is 0.331 e. The molecule has 0 bridgehead atoms. The molecule has 0 atom stereocenters. The van der Waals surface area contributed by atoms with Crippen LogP contribution in [0.2, 0.25) is 0 Å².